The van der Waals surface area contributed by atoms with E-state index in [9.17, 15) is 0 Å². The largest absolute Gasteiger partial charge is 0.376 e. The van der Waals surface area contributed by atoms with E-state index in [1.807, 2.05) is 24.3 Å². The Morgan fingerprint density at radius 3 is 2.32 bits per heavy atom. The Labute approximate surface area is 122 Å². The number of nitrogens with one attached hydrogen (secondary N) is 1. The number of rotatable bonds is 6. The number of ether oxygens (including phenoxy) is 1. The second-order valence-corrected chi connectivity index (χ2v) is 7.26. The highest BCUT2D eigenvalue weighted by atomic mass is 35.5. The fourth-order valence-corrected chi connectivity index (χ4v) is 1.80. The summed E-state index contributed by atoms with van der Waals surface area (Å²) >= 11 is 6.10. The van der Waals surface area contributed by atoms with E-state index in [1.54, 1.807) is 0 Å². The Bertz CT molecular complexity index is 396. The summed E-state index contributed by atoms with van der Waals surface area (Å²) in [6, 6.07) is 7.81. The van der Waals surface area contributed by atoms with Gasteiger partial charge in [0, 0.05) is 22.5 Å². The van der Waals surface area contributed by atoms with Crippen molar-refractivity contribution >= 4 is 11.6 Å². The van der Waals surface area contributed by atoms with Gasteiger partial charge in [0.05, 0.1) is 13.2 Å². The normalized spacial score (nSPS) is 12.7. The summed E-state index contributed by atoms with van der Waals surface area (Å²) in [6.45, 7) is 13.1. The first-order valence-electron chi connectivity index (χ1n) is 6.76. The molecular formula is C16H26ClNO. The lowest BCUT2D eigenvalue weighted by molar-refractivity contribution is 0.0484. The topological polar surface area (TPSA) is 21.3 Å². The quantitative estimate of drug-likeness (QED) is 0.842. The van der Waals surface area contributed by atoms with Gasteiger partial charge in [0.1, 0.15) is 0 Å². The molecule has 0 aliphatic carbocycles. The molecule has 1 aromatic rings. The van der Waals surface area contributed by atoms with Crippen molar-refractivity contribution in [2.75, 3.05) is 13.2 Å². The highest BCUT2D eigenvalue weighted by Gasteiger charge is 2.21. The lowest BCUT2D eigenvalue weighted by Crippen LogP contribution is -2.43. The van der Waals surface area contributed by atoms with E-state index in [0.717, 1.165) is 17.1 Å². The number of hydrogen-bond acceptors (Lipinski definition) is 2. The van der Waals surface area contributed by atoms with Gasteiger partial charge in [-0.3, -0.25) is 0 Å². The minimum absolute atomic E-state index is 0.106. The van der Waals surface area contributed by atoms with Gasteiger partial charge in [-0.1, -0.05) is 43.6 Å². The molecule has 1 aromatic carbocycles. The molecule has 0 unspecified atom stereocenters. The zero-order valence-corrected chi connectivity index (χ0v) is 13.5. The molecule has 1 rings (SSSR count). The van der Waals surface area contributed by atoms with Crippen molar-refractivity contribution in [2.24, 2.45) is 5.41 Å². The van der Waals surface area contributed by atoms with Gasteiger partial charge in [-0.05, 0) is 32.4 Å². The Morgan fingerprint density at radius 1 is 1.11 bits per heavy atom. The Hall–Kier alpha value is -0.570. The molecule has 2 nitrogen and oxygen atoms in total. The SMILES string of the molecule is CC(C)(CNC(C)(C)C)COCc1ccccc1Cl. The van der Waals surface area contributed by atoms with Crippen molar-refractivity contribution in [2.45, 2.75) is 46.8 Å². The third kappa shape index (κ3) is 6.95. The van der Waals surface area contributed by atoms with Crippen molar-refractivity contribution in [3.63, 3.8) is 0 Å². The highest BCUT2D eigenvalue weighted by molar-refractivity contribution is 6.31. The van der Waals surface area contributed by atoms with Crippen LogP contribution in [0, 0.1) is 5.41 Å². The second-order valence-electron chi connectivity index (χ2n) is 6.85. The van der Waals surface area contributed by atoms with Crippen LogP contribution in [0.1, 0.15) is 40.2 Å². The van der Waals surface area contributed by atoms with Gasteiger partial charge in [0.25, 0.3) is 0 Å². The van der Waals surface area contributed by atoms with Crippen LogP contribution in [0.5, 0.6) is 0 Å². The van der Waals surface area contributed by atoms with Crippen molar-refractivity contribution in [3.05, 3.63) is 34.9 Å². The predicted octanol–water partition coefficient (Wildman–Crippen LogP) is 4.27. The Kier molecular flexibility index (Phi) is 5.84. The van der Waals surface area contributed by atoms with Crippen molar-refractivity contribution in [3.8, 4) is 0 Å². The second kappa shape index (κ2) is 6.74. The van der Waals surface area contributed by atoms with Crippen LogP contribution in [-0.2, 0) is 11.3 Å². The van der Waals surface area contributed by atoms with Crippen molar-refractivity contribution in [1.29, 1.82) is 0 Å². The maximum atomic E-state index is 6.10. The van der Waals surface area contributed by atoms with Gasteiger partial charge in [0.15, 0.2) is 0 Å². The molecule has 1 N–H and O–H groups in total. The molecule has 108 valence electrons. The Morgan fingerprint density at radius 2 is 1.74 bits per heavy atom. The van der Waals surface area contributed by atoms with Crippen molar-refractivity contribution in [1.82, 2.24) is 5.32 Å². The van der Waals surface area contributed by atoms with Gasteiger partial charge in [-0.15, -0.1) is 0 Å². The van der Waals surface area contributed by atoms with Crippen LogP contribution >= 0.6 is 11.6 Å². The first kappa shape index (κ1) is 16.5. The Balaban J connectivity index is 2.37. The number of hydrogen-bond donors (Lipinski definition) is 1. The van der Waals surface area contributed by atoms with E-state index >= 15 is 0 Å². The first-order valence-corrected chi connectivity index (χ1v) is 7.14. The summed E-state index contributed by atoms with van der Waals surface area (Å²) in [7, 11) is 0. The minimum Gasteiger partial charge on any atom is -0.376 e. The van der Waals surface area contributed by atoms with Gasteiger partial charge in [0.2, 0.25) is 0 Å². The fraction of sp³-hybridized carbons (Fsp3) is 0.625. The molecule has 0 spiro atoms. The third-order valence-corrected chi connectivity index (χ3v) is 3.17. The average molecular weight is 284 g/mol. The molecule has 0 fully saturated rings. The summed E-state index contributed by atoms with van der Waals surface area (Å²) in [5, 5.41) is 4.29. The molecule has 0 aliphatic rings. The smallest absolute Gasteiger partial charge is 0.0731 e. The molecule has 0 heterocycles. The van der Waals surface area contributed by atoms with Gasteiger partial charge >= 0.3 is 0 Å². The number of halogens is 1. The molecule has 0 atom stereocenters. The van der Waals surface area contributed by atoms with Crippen LogP contribution in [0.2, 0.25) is 5.02 Å². The molecule has 19 heavy (non-hydrogen) atoms. The zero-order valence-electron chi connectivity index (χ0n) is 12.7. The molecule has 3 heteroatoms. The van der Waals surface area contributed by atoms with Crippen LogP contribution in [-0.4, -0.2) is 18.7 Å². The third-order valence-electron chi connectivity index (χ3n) is 2.81. The summed E-state index contributed by atoms with van der Waals surface area (Å²) in [6.07, 6.45) is 0. The van der Waals surface area contributed by atoms with E-state index in [4.69, 9.17) is 16.3 Å². The molecule has 0 amide bonds. The fourth-order valence-electron chi connectivity index (χ4n) is 1.61. The summed E-state index contributed by atoms with van der Waals surface area (Å²) in [4.78, 5) is 0. The van der Waals surface area contributed by atoms with Crippen LogP contribution in [0.25, 0.3) is 0 Å². The maximum Gasteiger partial charge on any atom is 0.0731 e. The van der Waals surface area contributed by atoms with Crippen LogP contribution in [0.3, 0.4) is 0 Å². The van der Waals surface area contributed by atoms with E-state index in [-0.39, 0.29) is 11.0 Å². The summed E-state index contributed by atoms with van der Waals surface area (Å²) in [5.74, 6) is 0. The van der Waals surface area contributed by atoms with Gasteiger partial charge < -0.3 is 10.1 Å². The predicted molar refractivity (Wildman–Crippen MR) is 82.6 cm³/mol. The van der Waals surface area contributed by atoms with Crippen LogP contribution < -0.4 is 5.32 Å². The van der Waals surface area contributed by atoms with Crippen LogP contribution in [0.4, 0.5) is 0 Å². The standard InChI is InChI=1S/C16H26ClNO/c1-15(2,3)18-11-16(4,5)12-19-10-13-8-6-7-9-14(13)17/h6-9,18H,10-12H2,1-5H3. The van der Waals surface area contributed by atoms with Gasteiger partial charge in [-0.2, -0.15) is 0 Å². The zero-order chi connectivity index (χ0) is 14.5. The first-order chi connectivity index (χ1) is 8.70. The van der Waals surface area contributed by atoms with Crippen molar-refractivity contribution < 1.29 is 4.74 Å². The molecule has 0 bridgehead atoms. The molecule has 0 saturated heterocycles. The molecule has 0 saturated carbocycles. The minimum atomic E-state index is 0.106. The highest BCUT2D eigenvalue weighted by Crippen LogP contribution is 2.19. The average Bonchev–Trinajstić information content (AvgIpc) is 2.28. The van der Waals surface area contributed by atoms with Crippen LogP contribution in [0.15, 0.2) is 24.3 Å². The van der Waals surface area contributed by atoms with E-state index in [1.165, 1.54) is 0 Å². The lowest BCUT2D eigenvalue weighted by Gasteiger charge is -2.30. The van der Waals surface area contributed by atoms with E-state index in [0.29, 0.717) is 13.2 Å². The molecule has 0 aliphatic heterocycles. The molecular weight excluding hydrogens is 258 g/mol. The van der Waals surface area contributed by atoms with E-state index < -0.39 is 0 Å². The lowest BCUT2D eigenvalue weighted by atomic mass is 9.93. The molecule has 0 aromatic heterocycles. The molecule has 0 radical (unpaired) electrons. The van der Waals surface area contributed by atoms with Gasteiger partial charge in [-0.25, -0.2) is 0 Å². The summed E-state index contributed by atoms with van der Waals surface area (Å²) in [5.41, 5.74) is 1.29. The van der Waals surface area contributed by atoms with E-state index in [2.05, 4.69) is 39.9 Å². The monoisotopic (exact) mass is 283 g/mol. The summed E-state index contributed by atoms with van der Waals surface area (Å²) < 4.78 is 5.81. The maximum absolute atomic E-state index is 6.10. The number of benzene rings is 1.